The van der Waals surface area contributed by atoms with E-state index in [1.807, 2.05) is 0 Å². The Hall–Kier alpha value is -2.06. The molecule has 0 bridgehead atoms. The molecule has 114 valence electrons. The topological polar surface area (TPSA) is 99.2 Å². The van der Waals surface area contributed by atoms with Crippen molar-refractivity contribution in [3.8, 4) is 5.75 Å². The Morgan fingerprint density at radius 3 is 2.86 bits per heavy atom. The smallest absolute Gasteiger partial charge is 0.244 e. The van der Waals surface area contributed by atoms with Gasteiger partial charge >= 0.3 is 0 Å². The lowest BCUT2D eigenvalue weighted by Crippen LogP contribution is -2.35. The predicted molar refractivity (Wildman–Crippen MR) is 79.4 cm³/mol. The van der Waals surface area contributed by atoms with Crippen molar-refractivity contribution in [2.75, 3.05) is 12.8 Å². The SMILES string of the molecule is COc1cc(N)ccc1S(=O)(=O)NC(C)Cn1ccnc1. The van der Waals surface area contributed by atoms with Gasteiger partial charge in [-0.3, -0.25) is 0 Å². The summed E-state index contributed by atoms with van der Waals surface area (Å²) >= 11 is 0. The number of nitrogens with zero attached hydrogens (tertiary/aromatic N) is 2. The maximum absolute atomic E-state index is 12.4. The van der Waals surface area contributed by atoms with Crippen LogP contribution in [0.15, 0.2) is 41.8 Å². The number of anilines is 1. The maximum atomic E-state index is 12.4. The molecule has 1 aromatic heterocycles. The number of benzene rings is 1. The second-order valence-corrected chi connectivity index (χ2v) is 6.37. The van der Waals surface area contributed by atoms with Crippen LogP contribution in [0.25, 0.3) is 0 Å². The lowest BCUT2D eigenvalue weighted by atomic mass is 10.3. The summed E-state index contributed by atoms with van der Waals surface area (Å²) in [5.74, 6) is 0.220. The lowest BCUT2D eigenvalue weighted by Gasteiger charge is -2.16. The van der Waals surface area contributed by atoms with E-state index >= 15 is 0 Å². The molecule has 2 rings (SSSR count). The molecule has 1 heterocycles. The van der Waals surface area contributed by atoms with Gasteiger partial charge in [0, 0.05) is 36.7 Å². The lowest BCUT2D eigenvalue weighted by molar-refractivity contribution is 0.402. The Bertz CT molecular complexity index is 698. The number of aromatic nitrogens is 2. The Morgan fingerprint density at radius 2 is 2.24 bits per heavy atom. The van der Waals surface area contributed by atoms with Crippen LogP contribution in [0.4, 0.5) is 5.69 Å². The molecule has 0 amide bonds. The molecule has 0 radical (unpaired) electrons. The number of hydrogen-bond acceptors (Lipinski definition) is 5. The van der Waals surface area contributed by atoms with Gasteiger partial charge in [-0.2, -0.15) is 0 Å². The number of nitrogen functional groups attached to an aromatic ring is 1. The standard InChI is InChI=1S/C13H18N4O3S/c1-10(8-17-6-5-15-9-17)16-21(18,19)13-4-3-11(14)7-12(13)20-2/h3-7,9-10,16H,8,14H2,1-2H3. The van der Waals surface area contributed by atoms with E-state index in [1.54, 1.807) is 30.2 Å². The molecule has 0 fully saturated rings. The van der Waals surface area contributed by atoms with Crippen molar-refractivity contribution in [1.29, 1.82) is 0 Å². The van der Waals surface area contributed by atoms with Crippen LogP contribution >= 0.6 is 0 Å². The highest BCUT2D eigenvalue weighted by molar-refractivity contribution is 7.89. The van der Waals surface area contributed by atoms with Gasteiger partial charge in [-0.1, -0.05) is 0 Å². The summed E-state index contributed by atoms with van der Waals surface area (Å²) in [6, 6.07) is 4.14. The molecule has 3 N–H and O–H groups in total. The van der Waals surface area contributed by atoms with Crippen LogP contribution in [-0.4, -0.2) is 31.1 Å². The minimum Gasteiger partial charge on any atom is -0.495 e. The number of sulfonamides is 1. The monoisotopic (exact) mass is 310 g/mol. The Labute approximate surface area is 123 Å². The summed E-state index contributed by atoms with van der Waals surface area (Å²) in [6.45, 7) is 2.26. The molecular formula is C13H18N4O3S. The largest absolute Gasteiger partial charge is 0.495 e. The third-order valence-corrected chi connectivity index (χ3v) is 4.51. The number of nitrogens with one attached hydrogen (secondary N) is 1. The van der Waals surface area contributed by atoms with Gasteiger partial charge in [0.15, 0.2) is 0 Å². The van der Waals surface area contributed by atoms with Crippen molar-refractivity contribution in [2.45, 2.75) is 24.4 Å². The van der Waals surface area contributed by atoms with Crippen molar-refractivity contribution in [2.24, 2.45) is 0 Å². The first-order valence-corrected chi connectivity index (χ1v) is 7.82. The number of methoxy groups -OCH3 is 1. The molecule has 1 aromatic carbocycles. The fraction of sp³-hybridized carbons (Fsp3) is 0.308. The van der Waals surface area contributed by atoms with Crippen molar-refractivity contribution in [3.05, 3.63) is 36.9 Å². The second-order valence-electron chi connectivity index (χ2n) is 4.69. The van der Waals surface area contributed by atoms with Gasteiger partial charge in [0.25, 0.3) is 0 Å². The highest BCUT2D eigenvalue weighted by Crippen LogP contribution is 2.26. The van der Waals surface area contributed by atoms with Gasteiger partial charge in [-0.15, -0.1) is 0 Å². The first kappa shape index (κ1) is 15.3. The van der Waals surface area contributed by atoms with Crippen molar-refractivity contribution < 1.29 is 13.2 Å². The van der Waals surface area contributed by atoms with E-state index in [4.69, 9.17) is 10.5 Å². The number of rotatable bonds is 6. The van der Waals surface area contributed by atoms with E-state index in [0.717, 1.165) is 0 Å². The average Bonchev–Trinajstić information content (AvgIpc) is 2.90. The third kappa shape index (κ3) is 3.73. The molecule has 0 aliphatic carbocycles. The van der Waals surface area contributed by atoms with Crippen LogP contribution in [0.5, 0.6) is 5.75 Å². The van der Waals surface area contributed by atoms with E-state index in [1.165, 1.54) is 25.3 Å². The summed E-state index contributed by atoms with van der Waals surface area (Å²) in [5, 5.41) is 0. The van der Waals surface area contributed by atoms with Gasteiger partial charge in [0.1, 0.15) is 10.6 Å². The fourth-order valence-electron chi connectivity index (χ4n) is 1.98. The quantitative estimate of drug-likeness (QED) is 0.770. The number of imidazole rings is 1. The fourth-order valence-corrected chi connectivity index (χ4v) is 3.37. The zero-order valence-electron chi connectivity index (χ0n) is 11.9. The van der Waals surface area contributed by atoms with Crippen LogP contribution in [0.2, 0.25) is 0 Å². The van der Waals surface area contributed by atoms with Gasteiger partial charge in [0.2, 0.25) is 10.0 Å². The van der Waals surface area contributed by atoms with Crippen molar-refractivity contribution in [1.82, 2.24) is 14.3 Å². The Balaban J connectivity index is 2.18. The van der Waals surface area contributed by atoms with E-state index in [9.17, 15) is 8.42 Å². The van der Waals surface area contributed by atoms with Crippen LogP contribution in [0.3, 0.4) is 0 Å². The van der Waals surface area contributed by atoms with E-state index in [0.29, 0.717) is 12.2 Å². The first-order chi connectivity index (χ1) is 9.92. The molecule has 0 spiro atoms. The molecule has 0 saturated carbocycles. The summed E-state index contributed by atoms with van der Waals surface area (Å²) in [5.41, 5.74) is 6.07. The van der Waals surface area contributed by atoms with Gasteiger partial charge in [-0.25, -0.2) is 18.1 Å². The molecule has 2 aromatic rings. The third-order valence-electron chi connectivity index (χ3n) is 2.88. The minimum atomic E-state index is -3.69. The summed E-state index contributed by atoms with van der Waals surface area (Å²) in [4.78, 5) is 3.99. The molecule has 7 nitrogen and oxygen atoms in total. The van der Waals surface area contributed by atoms with Crippen LogP contribution in [0, 0.1) is 0 Å². The summed E-state index contributed by atoms with van der Waals surface area (Å²) in [6.07, 6.45) is 5.05. The number of hydrogen-bond donors (Lipinski definition) is 2. The molecule has 0 aliphatic heterocycles. The van der Waals surface area contributed by atoms with Crippen LogP contribution in [-0.2, 0) is 16.6 Å². The average molecular weight is 310 g/mol. The summed E-state index contributed by atoms with van der Waals surface area (Å²) in [7, 11) is -2.28. The molecule has 0 saturated heterocycles. The molecule has 0 aliphatic rings. The van der Waals surface area contributed by atoms with Crippen LogP contribution in [0.1, 0.15) is 6.92 Å². The zero-order valence-corrected chi connectivity index (χ0v) is 12.7. The van der Waals surface area contributed by atoms with E-state index in [2.05, 4.69) is 9.71 Å². The Kier molecular flexibility index (Phi) is 4.49. The first-order valence-electron chi connectivity index (χ1n) is 6.34. The molecular weight excluding hydrogens is 292 g/mol. The molecule has 21 heavy (non-hydrogen) atoms. The summed E-state index contributed by atoms with van der Waals surface area (Å²) < 4.78 is 34.3. The van der Waals surface area contributed by atoms with Crippen molar-refractivity contribution in [3.63, 3.8) is 0 Å². The van der Waals surface area contributed by atoms with Gasteiger partial charge in [-0.05, 0) is 19.1 Å². The number of ether oxygens (including phenoxy) is 1. The highest BCUT2D eigenvalue weighted by Gasteiger charge is 2.21. The van der Waals surface area contributed by atoms with E-state index < -0.39 is 10.0 Å². The normalized spacial score (nSPS) is 13.0. The minimum absolute atomic E-state index is 0.0664. The van der Waals surface area contributed by atoms with Gasteiger partial charge in [0.05, 0.1) is 13.4 Å². The van der Waals surface area contributed by atoms with Crippen LogP contribution < -0.4 is 15.2 Å². The zero-order chi connectivity index (χ0) is 15.5. The Morgan fingerprint density at radius 1 is 1.48 bits per heavy atom. The molecule has 1 atom stereocenters. The highest BCUT2D eigenvalue weighted by atomic mass is 32.2. The van der Waals surface area contributed by atoms with Crippen molar-refractivity contribution >= 4 is 15.7 Å². The number of nitrogens with two attached hydrogens (primary N) is 1. The second kappa shape index (κ2) is 6.15. The maximum Gasteiger partial charge on any atom is 0.244 e. The molecule has 8 heteroatoms. The van der Waals surface area contributed by atoms with E-state index in [-0.39, 0.29) is 16.7 Å². The predicted octanol–water partition coefficient (Wildman–Crippen LogP) is 0.841. The molecule has 1 unspecified atom stereocenters. The van der Waals surface area contributed by atoms with Gasteiger partial charge < -0.3 is 15.0 Å².